The van der Waals surface area contributed by atoms with Gasteiger partial charge in [0.2, 0.25) is 0 Å². The van der Waals surface area contributed by atoms with Crippen molar-refractivity contribution in [2.45, 2.75) is 44.8 Å². The van der Waals surface area contributed by atoms with Crippen molar-refractivity contribution < 1.29 is 18.7 Å². The van der Waals surface area contributed by atoms with Crippen LogP contribution < -0.4 is 11.1 Å². The maximum absolute atomic E-state index is 14.8. The lowest BCUT2D eigenvalue weighted by molar-refractivity contribution is 0.0947. The smallest absolute Gasteiger partial charge is 0.254 e. The van der Waals surface area contributed by atoms with Gasteiger partial charge in [-0.3, -0.25) is 4.79 Å². The second-order valence-corrected chi connectivity index (χ2v) is 8.21. The van der Waals surface area contributed by atoms with Gasteiger partial charge < -0.3 is 16.2 Å². The van der Waals surface area contributed by atoms with E-state index in [0.717, 1.165) is 12.0 Å². The van der Waals surface area contributed by atoms with E-state index in [0.29, 0.717) is 35.4 Å². The lowest BCUT2D eigenvalue weighted by Crippen LogP contribution is -2.24. The van der Waals surface area contributed by atoms with Crippen molar-refractivity contribution in [3.63, 3.8) is 0 Å². The summed E-state index contributed by atoms with van der Waals surface area (Å²) in [4.78, 5) is 21.2. The summed E-state index contributed by atoms with van der Waals surface area (Å²) in [6.45, 7) is 1.83. The van der Waals surface area contributed by atoms with Crippen LogP contribution in [-0.4, -0.2) is 27.1 Å². The second-order valence-electron chi connectivity index (χ2n) is 8.21. The Morgan fingerprint density at radius 2 is 2.03 bits per heavy atom. The molecule has 6 nitrogen and oxygen atoms in total. The average molecular weight is 438 g/mol. The van der Waals surface area contributed by atoms with Crippen LogP contribution in [0.3, 0.4) is 0 Å². The minimum atomic E-state index is -0.724. The third-order valence-electron chi connectivity index (χ3n) is 5.68. The molecule has 0 bridgehead atoms. The zero-order chi connectivity index (χ0) is 22.8. The fourth-order valence-corrected chi connectivity index (χ4v) is 4.09. The molecule has 2 unspecified atom stereocenters. The summed E-state index contributed by atoms with van der Waals surface area (Å²) in [6.07, 6.45) is 3.36. The van der Waals surface area contributed by atoms with E-state index >= 15 is 0 Å². The number of amides is 1. The molecule has 0 radical (unpaired) electrons. The van der Waals surface area contributed by atoms with Gasteiger partial charge in [0.1, 0.15) is 23.1 Å². The Balaban J connectivity index is 1.52. The van der Waals surface area contributed by atoms with Crippen molar-refractivity contribution in [2.24, 2.45) is 0 Å². The Morgan fingerprint density at radius 1 is 1.22 bits per heavy atom. The largest absolute Gasteiger partial charge is 0.393 e. The molecule has 4 rings (SSSR count). The van der Waals surface area contributed by atoms with E-state index in [2.05, 4.69) is 15.3 Å². The van der Waals surface area contributed by atoms with Gasteiger partial charge in [-0.25, -0.2) is 18.7 Å². The normalized spacial score (nSPS) is 18.0. The first-order valence-electron chi connectivity index (χ1n) is 10.4. The van der Waals surface area contributed by atoms with Gasteiger partial charge in [-0.15, -0.1) is 0 Å². The first kappa shape index (κ1) is 21.8. The Labute approximate surface area is 184 Å². The molecule has 1 aliphatic carbocycles. The van der Waals surface area contributed by atoms with Gasteiger partial charge in [-0.2, -0.15) is 0 Å². The van der Waals surface area contributed by atoms with Gasteiger partial charge in [0, 0.05) is 18.0 Å². The van der Waals surface area contributed by atoms with Crippen LogP contribution in [0.2, 0.25) is 0 Å². The van der Waals surface area contributed by atoms with Gasteiger partial charge in [0.05, 0.1) is 23.6 Å². The second kappa shape index (κ2) is 9.00. The van der Waals surface area contributed by atoms with Crippen molar-refractivity contribution >= 4 is 11.7 Å². The molecule has 3 aromatic rings. The van der Waals surface area contributed by atoms with E-state index in [1.807, 2.05) is 0 Å². The molecule has 1 aromatic heterocycles. The monoisotopic (exact) mass is 438 g/mol. The third-order valence-corrected chi connectivity index (χ3v) is 5.68. The number of nitrogens with two attached hydrogens (primary N) is 1. The number of hydrogen-bond acceptors (Lipinski definition) is 5. The molecule has 1 heterocycles. The fourth-order valence-electron chi connectivity index (χ4n) is 4.09. The van der Waals surface area contributed by atoms with Crippen LogP contribution in [0.4, 0.5) is 14.6 Å². The number of halogens is 2. The Morgan fingerprint density at radius 3 is 2.72 bits per heavy atom. The quantitative estimate of drug-likeness (QED) is 0.561. The number of anilines is 1. The lowest BCUT2D eigenvalue weighted by atomic mass is 10.0. The fraction of sp³-hybridized carbons (Fsp3) is 0.292. The number of nitrogens with one attached hydrogen (secondary N) is 1. The zero-order valence-corrected chi connectivity index (χ0v) is 17.6. The molecule has 8 heteroatoms. The number of aliphatic hydroxyl groups excluding tert-OH is 1. The number of aryl methyl sites for hydroxylation is 1. The summed E-state index contributed by atoms with van der Waals surface area (Å²) in [5.41, 5.74) is 8.62. The van der Waals surface area contributed by atoms with Gasteiger partial charge >= 0.3 is 0 Å². The molecular weight excluding hydrogens is 414 g/mol. The number of rotatable bonds is 5. The van der Waals surface area contributed by atoms with E-state index in [9.17, 15) is 18.7 Å². The molecular formula is C24H24F2N4O2. The first-order valence-corrected chi connectivity index (χ1v) is 10.4. The molecule has 1 saturated carbocycles. The summed E-state index contributed by atoms with van der Waals surface area (Å²) in [5, 5.41) is 12.4. The summed E-state index contributed by atoms with van der Waals surface area (Å²) in [5.74, 6) is -1.48. The van der Waals surface area contributed by atoms with Crippen molar-refractivity contribution in [3.8, 4) is 11.3 Å². The molecule has 0 aliphatic heterocycles. The third kappa shape index (κ3) is 4.75. The molecule has 2 aromatic carbocycles. The lowest BCUT2D eigenvalue weighted by Gasteiger charge is -2.13. The van der Waals surface area contributed by atoms with Gasteiger partial charge in [0.25, 0.3) is 5.91 Å². The topological polar surface area (TPSA) is 101 Å². The minimum absolute atomic E-state index is 0.0757. The van der Waals surface area contributed by atoms with E-state index in [1.54, 1.807) is 25.3 Å². The highest BCUT2D eigenvalue weighted by Gasteiger charge is 2.26. The maximum Gasteiger partial charge on any atom is 0.254 e. The number of carbonyl (C=O) groups is 1. The highest BCUT2D eigenvalue weighted by Crippen LogP contribution is 2.35. The average Bonchev–Trinajstić information content (AvgIpc) is 3.18. The number of aliphatic hydroxyl groups is 1. The molecule has 4 N–H and O–H groups in total. The van der Waals surface area contributed by atoms with Crippen LogP contribution in [0.15, 0.2) is 42.6 Å². The van der Waals surface area contributed by atoms with Crippen molar-refractivity contribution in [1.82, 2.24) is 15.3 Å². The van der Waals surface area contributed by atoms with Crippen molar-refractivity contribution in [3.05, 3.63) is 76.6 Å². The molecule has 0 saturated heterocycles. The molecule has 32 heavy (non-hydrogen) atoms. The Kier molecular flexibility index (Phi) is 6.14. The first-order chi connectivity index (χ1) is 15.3. The summed E-state index contributed by atoms with van der Waals surface area (Å²) in [6, 6.07) is 8.60. The highest BCUT2D eigenvalue weighted by molar-refractivity contribution is 5.95. The van der Waals surface area contributed by atoms with Gasteiger partial charge in [-0.05, 0) is 61.6 Å². The van der Waals surface area contributed by atoms with Crippen LogP contribution in [-0.2, 0) is 6.54 Å². The summed E-state index contributed by atoms with van der Waals surface area (Å²) >= 11 is 0. The van der Waals surface area contributed by atoms with Crippen LogP contribution in [0.5, 0.6) is 0 Å². The SMILES string of the molecule is Cc1cc(F)cc(CNC(=O)c2ccc(-c3nc(C4CCC(O)C4)cnc3N)cc2F)c1. The Hall–Kier alpha value is -3.39. The van der Waals surface area contributed by atoms with E-state index < -0.39 is 17.5 Å². The zero-order valence-electron chi connectivity index (χ0n) is 17.6. The molecule has 166 valence electrons. The van der Waals surface area contributed by atoms with Crippen LogP contribution >= 0.6 is 0 Å². The number of benzene rings is 2. The van der Waals surface area contributed by atoms with Crippen LogP contribution in [0, 0.1) is 18.6 Å². The number of nitrogen functional groups attached to an aromatic ring is 1. The van der Waals surface area contributed by atoms with Gasteiger partial charge in [-0.1, -0.05) is 12.1 Å². The van der Waals surface area contributed by atoms with E-state index in [-0.39, 0.29) is 29.9 Å². The molecule has 1 amide bonds. The Bertz CT molecular complexity index is 1150. The number of nitrogens with zero attached hydrogens (tertiary/aromatic N) is 2. The predicted molar refractivity (Wildman–Crippen MR) is 117 cm³/mol. The molecule has 1 aliphatic rings. The number of hydrogen-bond donors (Lipinski definition) is 3. The molecule has 1 fully saturated rings. The van der Waals surface area contributed by atoms with Crippen LogP contribution in [0.25, 0.3) is 11.3 Å². The maximum atomic E-state index is 14.8. The van der Waals surface area contributed by atoms with E-state index in [1.165, 1.54) is 24.3 Å². The van der Waals surface area contributed by atoms with Crippen molar-refractivity contribution in [2.75, 3.05) is 5.73 Å². The van der Waals surface area contributed by atoms with Gasteiger partial charge in [0.15, 0.2) is 0 Å². The van der Waals surface area contributed by atoms with E-state index in [4.69, 9.17) is 5.73 Å². The van der Waals surface area contributed by atoms with Crippen molar-refractivity contribution in [1.29, 1.82) is 0 Å². The highest BCUT2D eigenvalue weighted by atomic mass is 19.1. The summed E-state index contributed by atoms with van der Waals surface area (Å²) in [7, 11) is 0. The minimum Gasteiger partial charge on any atom is -0.393 e. The predicted octanol–water partition coefficient (Wildman–Crippen LogP) is 3.87. The molecule has 0 spiro atoms. The number of aromatic nitrogens is 2. The number of carbonyl (C=O) groups excluding carboxylic acids is 1. The standard InChI is InChI=1S/C24H24F2N4O2/c1-13-6-14(8-17(25)7-13)11-29-24(32)19-5-3-16(10-20(19)26)22-23(27)28-12-21(30-22)15-2-4-18(31)9-15/h3,5-8,10,12,15,18,31H,2,4,9,11H2,1H3,(H2,27,28)(H,29,32). The van der Waals surface area contributed by atoms with Crippen LogP contribution in [0.1, 0.15) is 52.4 Å². The summed E-state index contributed by atoms with van der Waals surface area (Å²) < 4.78 is 28.3. The molecule has 2 atom stereocenters.